The van der Waals surface area contributed by atoms with Crippen LogP contribution >= 0.6 is 0 Å². The van der Waals surface area contributed by atoms with Crippen LogP contribution in [0.1, 0.15) is 98.3 Å². The molecular formula is C27H44O3. The van der Waals surface area contributed by atoms with Crippen molar-refractivity contribution in [2.45, 2.75) is 104 Å². The average Bonchev–Trinajstić information content (AvgIpc) is 3.05. The molecule has 0 bridgehead atoms. The summed E-state index contributed by atoms with van der Waals surface area (Å²) in [6.45, 7) is 9.41. The number of aliphatic hydroxyl groups is 1. The Hall–Kier alpha value is -0.830. The van der Waals surface area contributed by atoms with Gasteiger partial charge in [-0.1, -0.05) is 52.2 Å². The van der Waals surface area contributed by atoms with E-state index < -0.39 is 5.97 Å². The zero-order chi connectivity index (χ0) is 21.7. The Morgan fingerprint density at radius 1 is 1.10 bits per heavy atom. The normalized spacial score (nSPS) is 45.0. The van der Waals surface area contributed by atoms with Gasteiger partial charge in [-0.05, 0) is 98.2 Å². The number of fused-ring (bicyclic) bond motifs is 5. The maximum atomic E-state index is 11.1. The monoisotopic (exact) mass is 416 g/mol. The topological polar surface area (TPSA) is 57.5 Å². The fourth-order valence-corrected chi connectivity index (χ4v) is 8.69. The largest absolute Gasteiger partial charge is 0.481 e. The Morgan fingerprint density at radius 3 is 2.60 bits per heavy atom. The van der Waals surface area contributed by atoms with Gasteiger partial charge in [-0.3, -0.25) is 4.79 Å². The third-order valence-corrected chi connectivity index (χ3v) is 10.6. The molecule has 0 saturated heterocycles. The number of aliphatic carboxylic acids is 1. The molecule has 0 heterocycles. The molecule has 4 aliphatic carbocycles. The van der Waals surface area contributed by atoms with Gasteiger partial charge < -0.3 is 10.2 Å². The van der Waals surface area contributed by atoms with Gasteiger partial charge in [0.15, 0.2) is 0 Å². The molecule has 4 aliphatic rings. The minimum atomic E-state index is -0.651. The lowest BCUT2D eigenvalue weighted by atomic mass is 9.47. The highest BCUT2D eigenvalue weighted by Gasteiger charge is 2.59. The molecule has 0 spiro atoms. The summed E-state index contributed by atoms with van der Waals surface area (Å²) < 4.78 is 0. The average molecular weight is 417 g/mol. The van der Waals surface area contributed by atoms with Crippen molar-refractivity contribution in [2.75, 3.05) is 0 Å². The molecule has 2 N–H and O–H groups in total. The summed E-state index contributed by atoms with van der Waals surface area (Å²) in [4.78, 5) is 11.1. The van der Waals surface area contributed by atoms with Gasteiger partial charge in [-0.15, -0.1) is 0 Å². The highest BCUT2D eigenvalue weighted by atomic mass is 16.4. The number of aliphatic hydroxyl groups excluding tert-OH is 1. The van der Waals surface area contributed by atoms with E-state index in [0.717, 1.165) is 49.4 Å². The Kier molecular flexibility index (Phi) is 6.16. The molecule has 0 aromatic heterocycles. The van der Waals surface area contributed by atoms with Gasteiger partial charge in [-0.2, -0.15) is 0 Å². The van der Waals surface area contributed by atoms with Crippen molar-refractivity contribution in [3.63, 3.8) is 0 Å². The van der Waals surface area contributed by atoms with Crippen LogP contribution in [0.25, 0.3) is 0 Å². The number of carboxylic acids is 1. The fraction of sp³-hybridized carbons (Fsp3) is 0.889. The van der Waals surface area contributed by atoms with Crippen LogP contribution in [0, 0.1) is 46.3 Å². The molecule has 3 nitrogen and oxygen atoms in total. The highest BCUT2D eigenvalue weighted by molar-refractivity contribution is 5.69. The minimum Gasteiger partial charge on any atom is -0.481 e. The van der Waals surface area contributed by atoms with Crippen molar-refractivity contribution in [2.24, 2.45) is 46.3 Å². The van der Waals surface area contributed by atoms with Gasteiger partial charge in [0.05, 0.1) is 12.0 Å². The van der Waals surface area contributed by atoms with Crippen molar-refractivity contribution in [3.05, 3.63) is 11.6 Å². The molecule has 0 aromatic rings. The summed E-state index contributed by atoms with van der Waals surface area (Å²) in [5, 5.41) is 19.4. The molecule has 170 valence electrons. The van der Waals surface area contributed by atoms with Crippen molar-refractivity contribution >= 4 is 5.97 Å². The minimum absolute atomic E-state index is 0.115. The number of allylic oxidation sites excluding steroid dienone is 1. The standard InChI is InChI=1S/C27H44O3/c1-17(6-5-7-18(2)25(29)30)22-10-11-23-21-9-8-19-16-20(28)12-14-26(19,3)24(21)13-15-27(22,23)4/h8,17-18,20-24,28H,5-7,9-16H2,1-4H3,(H,29,30)/t17-,18?,20?,21+,22-,23+,24+,26+,27-/m1/s1. The van der Waals surface area contributed by atoms with Crippen molar-refractivity contribution in [1.82, 2.24) is 0 Å². The van der Waals surface area contributed by atoms with Gasteiger partial charge in [-0.25, -0.2) is 0 Å². The van der Waals surface area contributed by atoms with Gasteiger partial charge in [0.25, 0.3) is 0 Å². The van der Waals surface area contributed by atoms with E-state index in [-0.39, 0.29) is 12.0 Å². The summed E-state index contributed by atoms with van der Waals surface area (Å²) in [6.07, 6.45) is 15.2. The van der Waals surface area contributed by atoms with Crippen LogP contribution in [-0.4, -0.2) is 22.3 Å². The first-order chi connectivity index (χ1) is 14.2. The molecule has 9 atom stereocenters. The molecule has 30 heavy (non-hydrogen) atoms. The Bertz CT molecular complexity index is 684. The van der Waals surface area contributed by atoms with E-state index in [1.807, 2.05) is 6.92 Å². The first-order valence-corrected chi connectivity index (χ1v) is 12.8. The number of hydrogen-bond donors (Lipinski definition) is 2. The van der Waals surface area contributed by atoms with E-state index in [9.17, 15) is 9.90 Å². The Balaban J connectivity index is 1.44. The van der Waals surface area contributed by atoms with Crippen LogP contribution in [-0.2, 0) is 4.79 Å². The van der Waals surface area contributed by atoms with E-state index >= 15 is 0 Å². The van der Waals surface area contributed by atoms with Gasteiger partial charge >= 0.3 is 5.97 Å². The summed E-state index contributed by atoms with van der Waals surface area (Å²) in [7, 11) is 0. The second-order valence-electron chi connectivity index (χ2n) is 12.0. The van der Waals surface area contributed by atoms with Crippen molar-refractivity contribution in [1.29, 1.82) is 0 Å². The first kappa shape index (κ1) is 22.4. The van der Waals surface area contributed by atoms with E-state index in [2.05, 4.69) is 26.8 Å². The Morgan fingerprint density at radius 2 is 1.87 bits per heavy atom. The first-order valence-electron chi connectivity index (χ1n) is 12.8. The molecule has 0 aromatic carbocycles. The summed E-state index contributed by atoms with van der Waals surface area (Å²) in [5.74, 6) is 3.14. The van der Waals surface area contributed by atoms with Crippen LogP contribution in [0.5, 0.6) is 0 Å². The van der Waals surface area contributed by atoms with Crippen LogP contribution < -0.4 is 0 Å². The SMILES string of the molecule is CC(CCC[C@@H](C)[C@H]1CC[C@H]2[C@@H]3CC=C4CC(O)CC[C@]4(C)[C@H]3CC[C@]12C)C(=O)O. The summed E-state index contributed by atoms with van der Waals surface area (Å²) in [6, 6.07) is 0. The van der Waals surface area contributed by atoms with E-state index in [1.54, 1.807) is 5.57 Å². The maximum Gasteiger partial charge on any atom is 0.306 e. The number of carbonyl (C=O) groups is 1. The maximum absolute atomic E-state index is 11.1. The Labute approximate surface area is 183 Å². The predicted octanol–water partition coefficient (Wildman–Crippen LogP) is 6.45. The summed E-state index contributed by atoms with van der Waals surface area (Å²) >= 11 is 0. The molecule has 3 heteroatoms. The van der Waals surface area contributed by atoms with Crippen molar-refractivity contribution < 1.29 is 15.0 Å². The van der Waals surface area contributed by atoms with E-state index in [1.165, 1.54) is 44.9 Å². The van der Waals surface area contributed by atoms with E-state index in [4.69, 9.17) is 5.11 Å². The molecule has 3 fully saturated rings. The van der Waals surface area contributed by atoms with Crippen LogP contribution in [0.3, 0.4) is 0 Å². The molecular weight excluding hydrogens is 372 g/mol. The van der Waals surface area contributed by atoms with Crippen molar-refractivity contribution in [3.8, 4) is 0 Å². The van der Waals surface area contributed by atoms with Crippen LogP contribution in [0.4, 0.5) is 0 Å². The third-order valence-electron chi connectivity index (χ3n) is 10.6. The lowest BCUT2D eigenvalue weighted by Gasteiger charge is -2.58. The zero-order valence-corrected chi connectivity index (χ0v) is 19.7. The molecule has 4 rings (SSSR count). The van der Waals surface area contributed by atoms with Crippen LogP contribution in [0.2, 0.25) is 0 Å². The molecule has 0 aliphatic heterocycles. The van der Waals surface area contributed by atoms with Crippen LogP contribution in [0.15, 0.2) is 11.6 Å². The second kappa shape index (κ2) is 8.26. The van der Waals surface area contributed by atoms with Gasteiger partial charge in [0.2, 0.25) is 0 Å². The quantitative estimate of drug-likeness (QED) is 0.489. The third kappa shape index (κ3) is 3.67. The number of rotatable bonds is 6. The number of hydrogen-bond acceptors (Lipinski definition) is 2. The number of carboxylic acid groups (broad SMARTS) is 1. The van der Waals surface area contributed by atoms with Gasteiger partial charge in [0, 0.05) is 0 Å². The zero-order valence-electron chi connectivity index (χ0n) is 19.7. The smallest absolute Gasteiger partial charge is 0.306 e. The lowest BCUT2D eigenvalue weighted by molar-refractivity contribution is -0.141. The molecule has 0 amide bonds. The fourth-order valence-electron chi connectivity index (χ4n) is 8.69. The van der Waals surface area contributed by atoms with E-state index in [0.29, 0.717) is 16.7 Å². The molecule has 2 unspecified atom stereocenters. The lowest BCUT2D eigenvalue weighted by Crippen LogP contribution is -2.50. The molecule has 0 radical (unpaired) electrons. The predicted molar refractivity (Wildman–Crippen MR) is 121 cm³/mol. The summed E-state index contributed by atoms with van der Waals surface area (Å²) in [5.41, 5.74) is 2.37. The van der Waals surface area contributed by atoms with Gasteiger partial charge in [0.1, 0.15) is 0 Å². The highest BCUT2D eigenvalue weighted by Crippen LogP contribution is 2.67. The second-order valence-corrected chi connectivity index (χ2v) is 12.0. The molecule has 3 saturated carbocycles.